The van der Waals surface area contributed by atoms with Crippen LogP contribution >= 0.6 is 0 Å². The van der Waals surface area contributed by atoms with Crippen molar-refractivity contribution in [3.8, 4) is 0 Å². The molecule has 0 N–H and O–H groups in total. The third-order valence-corrected chi connectivity index (χ3v) is 5.63. The number of benzene rings is 1. The van der Waals surface area contributed by atoms with Gasteiger partial charge in [0, 0.05) is 6.42 Å². The summed E-state index contributed by atoms with van der Waals surface area (Å²) in [6.07, 6.45) is 18.2. The number of rotatable bonds is 14. The molecule has 0 bridgehead atoms. The summed E-state index contributed by atoms with van der Waals surface area (Å²) >= 11 is 0. The molecular weight excluding hydrogens is 430 g/mol. The van der Waals surface area contributed by atoms with E-state index in [9.17, 15) is 14.9 Å². The molecule has 194 valence electrons. The van der Waals surface area contributed by atoms with Crippen molar-refractivity contribution in [2.45, 2.75) is 111 Å². The molecule has 34 heavy (non-hydrogen) atoms. The van der Waals surface area contributed by atoms with Gasteiger partial charge in [-0.05, 0) is 51.0 Å². The number of ether oxygens (including phenoxy) is 1. The number of unbranched alkanes of at least 4 members (excludes halogenated alkanes) is 3. The molecular formula is C28H47NO5. The lowest BCUT2D eigenvalue weighted by Gasteiger charge is -2.11. The summed E-state index contributed by atoms with van der Waals surface area (Å²) < 4.78 is 4.89. The van der Waals surface area contributed by atoms with Crippen LogP contribution in [0.15, 0.2) is 42.5 Å². The Kier molecular flexibility index (Phi) is 20.9. The summed E-state index contributed by atoms with van der Waals surface area (Å²) in [5.74, 6) is 0.723. The van der Waals surface area contributed by atoms with E-state index in [1.165, 1.54) is 63.4 Å². The minimum atomic E-state index is -0.906. The molecule has 1 fully saturated rings. The van der Waals surface area contributed by atoms with E-state index in [0.29, 0.717) is 12.8 Å². The summed E-state index contributed by atoms with van der Waals surface area (Å²) in [6, 6.07) is 10.9. The monoisotopic (exact) mass is 477 g/mol. The molecule has 0 aromatic heterocycles. The summed E-state index contributed by atoms with van der Waals surface area (Å²) in [5.41, 5.74) is 1.50. The van der Waals surface area contributed by atoms with Crippen LogP contribution in [0, 0.1) is 16.0 Å². The van der Waals surface area contributed by atoms with E-state index < -0.39 is 11.2 Å². The topological polar surface area (TPSA) is 78.7 Å². The summed E-state index contributed by atoms with van der Waals surface area (Å²) in [6.45, 7) is 7.23. The fraction of sp³-hybridized carbons (Fsp3) is 0.679. The molecule has 0 saturated heterocycles. The lowest BCUT2D eigenvalue weighted by molar-refractivity contribution is -0.759. The maximum Gasteiger partial charge on any atom is 0.306 e. The highest BCUT2D eigenvalue weighted by Crippen LogP contribution is 2.29. The zero-order chi connectivity index (χ0) is 25.4. The second-order valence-electron chi connectivity index (χ2n) is 8.52. The molecule has 2 rings (SSSR count). The van der Waals surface area contributed by atoms with Crippen LogP contribution in [0.3, 0.4) is 0 Å². The number of allylic oxidation sites excluding steroid dienone is 2. The Morgan fingerprint density at radius 1 is 1.12 bits per heavy atom. The number of carbonyl (C=O) groups excluding carboxylic acids is 1. The number of hydrogen-bond acceptors (Lipinski definition) is 5. The first-order valence-corrected chi connectivity index (χ1v) is 13.1. The number of nitrogens with zero attached hydrogens (tertiary/aromatic N) is 1. The Balaban J connectivity index is 0.000000597. The van der Waals surface area contributed by atoms with Crippen LogP contribution in [-0.2, 0) is 20.8 Å². The van der Waals surface area contributed by atoms with Gasteiger partial charge in [-0.1, -0.05) is 101 Å². The van der Waals surface area contributed by atoms with Crippen LogP contribution in [0.4, 0.5) is 0 Å². The van der Waals surface area contributed by atoms with Gasteiger partial charge in [0.25, 0.3) is 5.09 Å². The molecule has 0 aliphatic heterocycles. The van der Waals surface area contributed by atoms with E-state index in [-0.39, 0.29) is 12.6 Å². The van der Waals surface area contributed by atoms with Crippen molar-refractivity contribution in [1.82, 2.24) is 0 Å². The highest BCUT2D eigenvalue weighted by molar-refractivity contribution is 5.69. The van der Waals surface area contributed by atoms with Gasteiger partial charge in [-0.25, -0.2) is 0 Å². The summed E-state index contributed by atoms with van der Waals surface area (Å²) in [5, 5.41) is 8.96. The van der Waals surface area contributed by atoms with Crippen LogP contribution in [0.1, 0.15) is 104 Å². The number of carbonyl (C=O) groups is 1. The van der Waals surface area contributed by atoms with Crippen molar-refractivity contribution in [3.63, 3.8) is 0 Å². The molecule has 1 atom stereocenters. The SMILES string of the molecule is C/C=C\CCCC(=O)OC(C)CO[N+](=O)[O-].CC.c1ccc(CCCCCC2CCCC2)cc1. The first-order chi connectivity index (χ1) is 16.5. The van der Waals surface area contributed by atoms with E-state index in [1.54, 1.807) is 6.92 Å². The Labute approximate surface area is 207 Å². The van der Waals surface area contributed by atoms with E-state index >= 15 is 0 Å². The highest BCUT2D eigenvalue weighted by Gasteiger charge is 2.13. The summed E-state index contributed by atoms with van der Waals surface area (Å²) in [7, 11) is 0. The minimum absolute atomic E-state index is 0.229. The van der Waals surface area contributed by atoms with Crippen molar-refractivity contribution >= 4 is 5.97 Å². The van der Waals surface area contributed by atoms with Gasteiger partial charge in [-0.2, -0.15) is 0 Å². The Bertz CT molecular complexity index is 641. The second-order valence-corrected chi connectivity index (χ2v) is 8.52. The Hall–Kier alpha value is -2.37. The molecule has 0 amide bonds. The van der Waals surface area contributed by atoms with Crippen LogP contribution in [0.5, 0.6) is 0 Å². The van der Waals surface area contributed by atoms with Gasteiger partial charge in [0.1, 0.15) is 12.7 Å². The number of esters is 1. The quantitative estimate of drug-likeness (QED) is 0.0895. The first kappa shape index (κ1) is 31.6. The molecule has 0 spiro atoms. The lowest BCUT2D eigenvalue weighted by Crippen LogP contribution is -2.21. The molecule has 0 radical (unpaired) electrons. The van der Waals surface area contributed by atoms with Gasteiger partial charge in [-0.15, -0.1) is 10.1 Å². The van der Waals surface area contributed by atoms with Crippen LogP contribution in [0.2, 0.25) is 0 Å². The van der Waals surface area contributed by atoms with Crippen molar-refractivity contribution in [3.05, 3.63) is 58.2 Å². The fourth-order valence-corrected chi connectivity index (χ4v) is 3.90. The zero-order valence-corrected chi connectivity index (χ0v) is 21.9. The van der Waals surface area contributed by atoms with Crippen LogP contribution in [0.25, 0.3) is 0 Å². The molecule has 6 nitrogen and oxygen atoms in total. The van der Waals surface area contributed by atoms with E-state index in [1.807, 2.05) is 32.9 Å². The third kappa shape index (κ3) is 19.1. The molecule has 0 heterocycles. The van der Waals surface area contributed by atoms with Gasteiger partial charge in [0.05, 0.1) is 0 Å². The molecule has 1 aromatic rings. The maximum atomic E-state index is 11.2. The molecule has 1 aliphatic carbocycles. The van der Waals surface area contributed by atoms with Crippen molar-refractivity contribution in [2.75, 3.05) is 6.61 Å². The molecule has 1 aromatic carbocycles. The van der Waals surface area contributed by atoms with Crippen LogP contribution < -0.4 is 0 Å². The van der Waals surface area contributed by atoms with Crippen molar-refractivity contribution in [1.29, 1.82) is 0 Å². The van der Waals surface area contributed by atoms with Gasteiger partial charge in [0.15, 0.2) is 0 Å². The Morgan fingerprint density at radius 2 is 1.79 bits per heavy atom. The van der Waals surface area contributed by atoms with Crippen LogP contribution in [-0.4, -0.2) is 23.8 Å². The van der Waals surface area contributed by atoms with Gasteiger partial charge in [-0.3, -0.25) is 4.79 Å². The summed E-state index contributed by atoms with van der Waals surface area (Å²) in [4.78, 5) is 25.1. The minimum Gasteiger partial charge on any atom is -0.461 e. The second kappa shape index (κ2) is 22.4. The first-order valence-electron chi connectivity index (χ1n) is 13.1. The molecule has 1 unspecified atom stereocenters. The number of hydrogen-bond donors (Lipinski definition) is 0. The smallest absolute Gasteiger partial charge is 0.306 e. The van der Waals surface area contributed by atoms with Gasteiger partial charge >= 0.3 is 5.97 Å². The van der Waals surface area contributed by atoms with Gasteiger partial charge < -0.3 is 9.57 Å². The maximum absolute atomic E-state index is 11.2. The predicted molar refractivity (Wildman–Crippen MR) is 139 cm³/mol. The van der Waals surface area contributed by atoms with E-state index in [0.717, 1.165) is 12.3 Å². The zero-order valence-electron chi connectivity index (χ0n) is 21.9. The van der Waals surface area contributed by atoms with E-state index in [2.05, 4.69) is 35.2 Å². The third-order valence-electron chi connectivity index (χ3n) is 5.63. The lowest BCUT2D eigenvalue weighted by atomic mass is 9.98. The Morgan fingerprint density at radius 3 is 2.41 bits per heavy atom. The molecule has 1 aliphatic rings. The normalized spacial score (nSPS) is 13.9. The predicted octanol–water partition coefficient (Wildman–Crippen LogP) is 7.88. The van der Waals surface area contributed by atoms with Crippen molar-refractivity contribution in [2.24, 2.45) is 5.92 Å². The molecule has 6 heteroatoms. The molecule has 1 saturated carbocycles. The number of aryl methyl sites for hydroxylation is 1. The average Bonchev–Trinajstić information content (AvgIpc) is 3.36. The van der Waals surface area contributed by atoms with Crippen molar-refractivity contribution < 1.29 is 19.5 Å². The largest absolute Gasteiger partial charge is 0.461 e. The average molecular weight is 478 g/mol. The van der Waals surface area contributed by atoms with Gasteiger partial charge in [0.2, 0.25) is 0 Å². The fourth-order valence-electron chi connectivity index (χ4n) is 3.90. The standard InChI is InChI=1S/C16H24.C10H17NO5.C2H6/c1-3-9-15(10-4-1)11-5-2-6-12-16-13-7-8-14-16;1-3-4-5-6-7-10(12)16-9(2)8-15-11(13)14;1-2/h1,3-4,9-10,16H,2,5-8,11-14H2;3-4,9H,5-8H2,1-2H3;1-2H3/b;4-3-;. The highest BCUT2D eigenvalue weighted by atomic mass is 17.0. The van der Waals surface area contributed by atoms with E-state index in [4.69, 9.17) is 4.74 Å².